The Bertz CT molecular complexity index is 558. The van der Waals surface area contributed by atoms with Crippen LogP contribution in [-0.4, -0.2) is 19.7 Å². The number of halogens is 1. The zero-order valence-electron chi connectivity index (χ0n) is 8.94. The highest BCUT2D eigenvalue weighted by Crippen LogP contribution is 2.10. The average Bonchev–Trinajstić information content (AvgIpc) is 2.64. The van der Waals surface area contributed by atoms with E-state index in [-0.39, 0.29) is 11.5 Å². The third kappa shape index (κ3) is 2.31. The molecule has 2 aromatic heterocycles. The Kier molecular flexibility index (Phi) is 3.08. The Morgan fingerprint density at radius 1 is 1.50 bits per heavy atom. The van der Waals surface area contributed by atoms with E-state index in [1.165, 1.54) is 6.07 Å². The van der Waals surface area contributed by atoms with Crippen molar-refractivity contribution in [1.82, 2.24) is 19.7 Å². The maximum Gasteiger partial charge on any atom is 0.253 e. The van der Waals surface area contributed by atoms with Gasteiger partial charge in [0, 0.05) is 18.2 Å². The van der Waals surface area contributed by atoms with E-state index in [4.69, 9.17) is 0 Å². The molecule has 0 unspecified atom stereocenters. The zero-order valence-corrected chi connectivity index (χ0v) is 11.1. The summed E-state index contributed by atoms with van der Waals surface area (Å²) in [5.74, 6) is 1.41. The van der Waals surface area contributed by atoms with E-state index in [1.54, 1.807) is 10.9 Å². The maximum atomic E-state index is 11.5. The van der Waals surface area contributed by atoms with Gasteiger partial charge >= 0.3 is 0 Å². The summed E-state index contributed by atoms with van der Waals surface area (Å²) in [7, 11) is 0. The van der Waals surface area contributed by atoms with Crippen LogP contribution in [0.3, 0.4) is 0 Å². The molecule has 0 aliphatic rings. The molecule has 16 heavy (non-hydrogen) atoms. The molecule has 5 nitrogen and oxygen atoms in total. The molecule has 2 aromatic rings. The first-order valence-corrected chi connectivity index (χ1v) is 5.96. The molecule has 0 atom stereocenters. The highest BCUT2D eigenvalue weighted by atomic mass is 127. The molecule has 2 rings (SSSR count). The molecule has 0 saturated carbocycles. The molecule has 0 fully saturated rings. The molecule has 0 aromatic carbocycles. The molecule has 2 heterocycles. The van der Waals surface area contributed by atoms with Crippen LogP contribution in [0, 0.1) is 3.57 Å². The van der Waals surface area contributed by atoms with Crippen LogP contribution in [0.4, 0.5) is 0 Å². The molecule has 0 amide bonds. The number of hydrogen-bond donors (Lipinski definition) is 1. The normalized spacial score (nSPS) is 11.0. The lowest BCUT2D eigenvalue weighted by atomic mass is 10.2. The summed E-state index contributed by atoms with van der Waals surface area (Å²) in [6, 6.07) is 1.44. The number of H-pyrrole nitrogens is 1. The highest BCUT2D eigenvalue weighted by Gasteiger charge is 2.07. The van der Waals surface area contributed by atoms with E-state index in [0.717, 1.165) is 3.57 Å². The predicted molar refractivity (Wildman–Crippen MR) is 68.8 cm³/mol. The summed E-state index contributed by atoms with van der Waals surface area (Å²) in [5.41, 5.74) is -0.154. The zero-order chi connectivity index (χ0) is 11.7. The standard InChI is InChI=1S/C10H11IN4O/c1-6(2)10-13-8(3-9(16)14-10)15-5-7(11)4-12-15/h3-6H,1-2H3,(H,13,14,16). The van der Waals surface area contributed by atoms with Crippen molar-refractivity contribution in [3.05, 3.63) is 38.2 Å². The van der Waals surface area contributed by atoms with Crippen molar-refractivity contribution in [1.29, 1.82) is 0 Å². The predicted octanol–water partition coefficient (Wildman–Crippen LogP) is 1.68. The second kappa shape index (κ2) is 4.36. The minimum atomic E-state index is -0.154. The number of rotatable bonds is 2. The van der Waals surface area contributed by atoms with Gasteiger partial charge in [-0.05, 0) is 22.6 Å². The summed E-state index contributed by atoms with van der Waals surface area (Å²) in [6.45, 7) is 3.96. The van der Waals surface area contributed by atoms with Crippen LogP contribution in [0.1, 0.15) is 25.6 Å². The van der Waals surface area contributed by atoms with Crippen LogP contribution in [0.5, 0.6) is 0 Å². The van der Waals surface area contributed by atoms with E-state index >= 15 is 0 Å². The van der Waals surface area contributed by atoms with Crippen LogP contribution in [-0.2, 0) is 0 Å². The Hall–Kier alpha value is -1.18. The van der Waals surface area contributed by atoms with Gasteiger partial charge in [0.25, 0.3) is 5.56 Å². The average molecular weight is 330 g/mol. The fraction of sp³-hybridized carbons (Fsp3) is 0.300. The van der Waals surface area contributed by atoms with Gasteiger partial charge in [0.15, 0.2) is 5.82 Å². The molecule has 0 radical (unpaired) electrons. The Morgan fingerprint density at radius 2 is 2.25 bits per heavy atom. The van der Waals surface area contributed by atoms with E-state index < -0.39 is 0 Å². The first kappa shape index (κ1) is 11.3. The topological polar surface area (TPSA) is 63.6 Å². The summed E-state index contributed by atoms with van der Waals surface area (Å²) in [5, 5.41) is 4.12. The van der Waals surface area contributed by atoms with Gasteiger partial charge in [-0.15, -0.1) is 0 Å². The van der Waals surface area contributed by atoms with Crippen molar-refractivity contribution in [2.75, 3.05) is 0 Å². The Morgan fingerprint density at radius 3 is 2.81 bits per heavy atom. The fourth-order valence-corrected chi connectivity index (χ4v) is 1.67. The van der Waals surface area contributed by atoms with Gasteiger partial charge < -0.3 is 4.98 Å². The highest BCUT2D eigenvalue weighted by molar-refractivity contribution is 14.1. The monoisotopic (exact) mass is 330 g/mol. The molecule has 0 spiro atoms. The molecule has 0 aliphatic heterocycles. The second-order valence-corrected chi connectivity index (χ2v) is 4.99. The second-order valence-electron chi connectivity index (χ2n) is 3.75. The van der Waals surface area contributed by atoms with Gasteiger partial charge in [-0.3, -0.25) is 4.79 Å². The molecule has 0 saturated heterocycles. The molecular formula is C10H11IN4O. The number of aromatic nitrogens is 4. The van der Waals surface area contributed by atoms with E-state index in [1.807, 2.05) is 20.0 Å². The van der Waals surface area contributed by atoms with E-state index in [9.17, 15) is 4.79 Å². The summed E-state index contributed by atoms with van der Waals surface area (Å²) >= 11 is 2.16. The van der Waals surface area contributed by atoms with Crippen LogP contribution in [0.25, 0.3) is 5.82 Å². The van der Waals surface area contributed by atoms with Gasteiger partial charge in [0.05, 0.1) is 9.77 Å². The summed E-state index contributed by atoms with van der Waals surface area (Å²) in [6.07, 6.45) is 3.55. The lowest BCUT2D eigenvalue weighted by Crippen LogP contribution is -2.15. The van der Waals surface area contributed by atoms with Crippen molar-refractivity contribution in [3.8, 4) is 5.82 Å². The Labute approximate surface area is 106 Å². The molecule has 0 aliphatic carbocycles. The van der Waals surface area contributed by atoms with Gasteiger partial charge in [0.1, 0.15) is 5.82 Å². The fourth-order valence-electron chi connectivity index (χ4n) is 1.28. The van der Waals surface area contributed by atoms with Crippen LogP contribution < -0.4 is 5.56 Å². The summed E-state index contributed by atoms with van der Waals surface area (Å²) in [4.78, 5) is 18.5. The minimum absolute atomic E-state index is 0.154. The quantitative estimate of drug-likeness (QED) is 0.853. The molecule has 0 bridgehead atoms. The maximum absolute atomic E-state index is 11.5. The molecule has 1 N–H and O–H groups in total. The van der Waals surface area contributed by atoms with Crippen molar-refractivity contribution in [2.24, 2.45) is 0 Å². The number of nitrogens with one attached hydrogen (secondary N) is 1. The molecular weight excluding hydrogens is 319 g/mol. The van der Waals surface area contributed by atoms with Crippen LogP contribution in [0.2, 0.25) is 0 Å². The van der Waals surface area contributed by atoms with Gasteiger partial charge in [-0.25, -0.2) is 9.67 Å². The third-order valence-electron chi connectivity index (χ3n) is 2.08. The lowest BCUT2D eigenvalue weighted by molar-refractivity contribution is 0.738. The Balaban J connectivity index is 2.53. The number of hydrogen-bond acceptors (Lipinski definition) is 3. The van der Waals surface area contributed by atoms with E-state index in [2.05, 4.69) is 37.7 Å². The number of aromatic amines is 1. The van der Waals surface area contributed by atoms with Crippen molar-refractivity contribution < 1.29 is 0 Å². The lowest BCUT2D eigenvalue weighted by Gasteiger charge is -2.06. The van der Waals surface area contributed by atoms with Gasteiger partial charge in [-0.2, -0.15) is 5.10 Å². The van der Waals surface area contributed by atoms with Crippen LogP contribution in [0.15, 0.2) is 23.3 Å². The van der Waals surface area contributed by atoms with Crippen molar-refractivity contribution in [3.63, 3.8) is 0 Å². The minimum Gasteiger partial charge on any atom is -0.310 e. The van der Waals surface area contributed by atoms with E-state index in [0.29, 0.717) is 11.6 Å². The summed E-state index contributed by atoms with van der Waals surface area (Å²) < 4.78 is 2.61. The van der Waals surface area contributed by atoms with Gasteiger partial charge in [-0.1, -0.05) is 13.8 Å². The number of nitrogens with zero attached hydrogens (tertiary/aromatic N) is 3. The molecule has 84 valence electrons. The SMILES string of the molecule is CC(C)c1nc(-n2cc(I)cn2)cc(=O)[nH]1. The first-order chi connectivity index (χ1) is 7.56. The molecule has 6 heteroatoms. The van der Waals surface area contributed by atoms with Crippen LogP contribution >= 0.6 is 22.6 Å². The van der Waals surface area contributed by atoms with Crippen molar-refractivity contribution in [2.45, 2.75) is 19.8 Å². The van der Waals surface area contributed by atoms with Crippen molar-refractivity contribution >= 4 is 22.6 Å². The largest absolute Gasteiger partial charge is 0.310 e. The smallest absolute Gasteiger partial charge is 0.253 e. The van der Waals surface area contributed by atoms with Gasteiger partial charge in [0.2, 0.25) is 0 Å². The first-order valence-electron chi connectivity index (χ1n) is 4.88. The third-order valence-corrected chi connectivity index (χ3v) is 2.64.